The molecule has 1 aliphatic heterocycles. The van der Waals surface area contributed by atoms with Gasteiger partial charge in [-0.05, 0) is 91.8 Å². The van der Waals surface area contributed by atoms with Gasteiger partial charge in [0.2, 0.25) is 0 Å². The Bertz CT molecular complexity index is 740. The Balaban J connectivity index is 1.31. The maximum absolute atomic E-state index is 11.9. The maximum Gasteiger partial charge on any atom is 0.155 e. The molecule has 0 aromatic rings. The third kappa shape index (κ3) is 1.67. The van der Waals surface area contributed by atoms with Gasteiger partial charge in [-0.1, -0.05) is 13.8 Å². The number of aliphatic hydroxyl groups is 3. The van der Waals surface area contributed by atoms with Crippen LogP contribution in [0.2, 0.25) is 0 Å². The normalized spacial score (nSPS) is 71.2. The van der Waals surface area contributed by atoms with Gasteiger partial charge >= 0.3 is 0 Å². The molecule has 1 saturated heterocycles. The van der Waals surface area contributed by atoms with Crippen molar-refractivity contribution in [1.82, 2.24) is 0 Å². The molecule has 0 amide bonds. The summed E-state index contributed by atoms with van der Waals surface area (Å²) >= 11 is 0. The molecule has 7 aliphatic rings. The van der Waals surface area contributed by atoms with Gasteiger partial charge in [-0.15, -0.1) is 0 Å². The van der Waals surface area contributed by atoms with Crippen LogP contribution in [0.3, 0.4) is 0 Å². The molecule has 156 valence electrons. The maximum atomic E-state index is 11.9. The topological polar surface area (TPSA) is 69.9 Å². The average molecular weight is 389 g/mol. The standard InChI is InChI=1S/C24H36O4/c1-21-6-3-12(25)11-23(21,27)16-9-13(16)19-15(21)4-7-22(2)20(19)14-10-17(14)24(22)8-5-18(26)28-24/h12-20,25-27H,3-11H2,1-2H3/t12-,13-,14+,15-,16+,17-,18+,19+,20+,21+,22-,23+,24-/m0/s1. The molecule has 3 N–H and O–H groups in total. The van der Waals surface area contributed by atoms with Crippen LogP contribution in [-0.2, 0) is 4.74 Å². The molecule has 7 fully saturated rings. The molecule has 0 unspecified atom stereocenters. The monoisotopic (exact) mass is 388 g/mol. The van der Waals surface area contributed by atoms with Crippen LogP contribution in [0.4, 0.5) is 0 Å². The lowest BCUT2D eigenvalue weighted by molar-refractivity contribution is -0.247. The summed E-state index contributed by atoms with van der Waals surface area (Å²) in [7, 11) is 0. The number of fused-ring (bicyclic) bond motifs is 12. The van der Waals surface area contributed by atoms with Crippen molar-refractivity contribution in [2.24, 2.45) is 52.3 Å². The zero-order valence-electron chi connectivity index (χ0n) is 17.3. The van der Waals surface area contributed by atoms with Crippen LogP contribution in [0.1, 0.15) is 71.6 Å². The second-order valence-electron chi connectivity index (χ2n) is 12.4. The van der Waals surface area contributed by atoms with Crippen LogP contribution in [0.15, 0.2) is 0 Å². The summed E-state index contributed by atoms with van der Waals surface area (Å²) < 4.78 is 6.40. The van der Waals surface area contributed by atoms with Crippen LogP contribution in [0.5, 0.6) is 0 Å². The van der Waals surface area contributed by atoms with E-state index in [1.807, 2.05) is 0 Å². The van der Waals surface area contributed by atoms with Gasteiger partial charge in [0.15, 0.2) is 6.29 Å². The van der Waals surface area contributed by atoms with Crippen LogP contribution in [0, 0.1) is 52.3 Å². The second kappa shape index (κ2) is 4.84. The van der Waals surface area contributed by atoms with Gasteiger partial charge in [0.1, 0.15) is 0 Å². The van der Waals surface area contributed by atoms with E-state index in [-0.39, 0.29) is 22.5 Å². The first-order valence-electron chi connectivity index (χ1n) is 12.0. The molecular weight excluding hydrogens is 352 g/mol. The highest BCUT2D eigenvalue weighted by atomic mass is 16.6. The molecule has 4 heteroatoms. The first kappa shape index (κ1) is 17.5. The molecule has 6 saturated carbocycles. The summed E-state index contributed by atoms with van der Waals surface area (Å²) in [5.74, 6) is 4.53. The van der Waals surface area contributed by atoms with Gasteiger partial charge in [0.25, 0.3) is 0 Å². The largest absolute Gasteiger partial charge is 0.393 e. The fourth-order valence-corrected chi connectivity index (χ4v) is 10.7. The Hall–Kier alpha value is -0.160. The zero-order chi connectivity index (χ0) is 19.3. The molecule has 0 radical (unpaired) electrons. The lowest BCUT2D eigenvalue weighted by Gasteiger charge is -2.65. The molecular formula is C24H36O4. The molecule has 28 heavy (non-hydrogen) atoms. The third-order valence-electron chi connectivity index (χ3n) is 11.9. The minimum absolute atomic E-state index is 0.0356. The van der Waals surface area contributed by atoms with Crippen LogP contribution in [0.25, 0.3) is 0 Å². The Morgan fingerprint density at radius 3 is 2.32 bits per heavy atom. The minimum Gasteiger partial charge on any atom is -0.393 e. The van der Waals surface area contributed by atoms with Gasteiger partial charge in [0, 0.05) is 18.3 Å². The fourth-order valence-electron chi connectivity index (χ4n) is 10.7. The lowest BCUT2D eigenvalue weighted by Crippen LogP contribution is -2.65. The summed E-state index contributed by atoms with van der Waals surface area (Å²) in [5, 5.41) is 32.5. The Morgan fingerprint density at radius 2 is 1.57 bits per heavy atom. The van der Waals surface area contributed by atoms with E-state index in [1.165, 1.54) is 25.7 Å². The van der Waals surface area contributed by atoms with Crippen molar-refractivity contribution >= 4 is 0 Å². The quantitative estimate of drug-likeness (QED) is 0.596. The van der Waals surface area contributed by atoms with Gasteiger partial charge in [-0.3, -0.25) is 0 Å². The number of ether oxygens (including phenoxy) is 1. The summed E-state index contributed by atoms with van der Waals surface area (Å²) in [5.41, 5.74) is -0.559. The summed E-state index contributed by atoms with van der Waals surface area (Å²) in [6.45, 7) is 4.88. The van der Waals surface area contributed by atoms with Gasteiger partial charge in [0.05, 0.1) is 17.3 Å². The zero-order valence-corrected chi connectivity index (χ0v) is 17.3. The van der Waals surface area contributed by atoms with E-state index < -0.39 is 11.9 Å². The second-order valence-corrected chi connectivity index (χ2v) is 12.4. The number of rotatable bonds is 0. The SMILES string of the molecule is C[C@]12CC[C@H]3[C@@H]([C@H]4C[C@H]4[C@]4(O)C[C@@H](O)CC[C@]34C)[C@H]1[C@@H]1C[C@@H]1[C@@]21CC[C@H](O)O1. The molecule has 0 bridgehead atoms. The molecule has 1 heterocycles. The van der Waals surface area contributed by atoms with Crippen molar-refractivity contribution < 1.29 is 20.1 Å². The Morgan fingerprint density at radius 1 is 0.821 bits per heavy atom. The van der Waals surface area contributed by atoms with Crippen molar-refractivity contribution in [3.63, 3.8) is 0 Å². The summed E-state index contributed by atoms with van der Waals surface area (Å²) in [4.78, 5) is 0. The van der Waals surface area contributed by atoms with Gasteiger partial charge < -0.3 is 20.1 Å². The number of aliphatic hydroxyl groups excluding tert-OH is 2. The van der Waals surface area contributed by atoms with E-state index >= 15 is 0 Å². The molecule has 0 aromatic heterocycles. The van der Waals surface area contributed by atoms with Crippen molar-refractivity contribution in [3.8, 4) is 0 Å². The third-order valence-corrected chi connectivity index (χ3v) is 11.9. The smallest absolute Gasteiger partial charge is 0.155 e. The molecule has 6 aliphatic carbocycles. The van der Waals surface area contributed by atoms with Crippen LogP contribution < -0.4 is 0 Å². The highest BCUT2D eigenvalue weighted by molar-refractivity contribution is 5.30. The van der Waals surface area contributed by atoms with Crippen molar-refractivity contribution in [2.45, 2.75) is 95.2 Å². The number of hydrogen-bond donors (Lipinski definition) is 3. The lowest BCUT2D eigenvalue weighted by atomic mass is 9.42. The molecule has 4 nitrogen and oxygen atoms in total. The average Bonchev–Trinajstić information content (AvgIpc) is 3.54. The molecule has 1 spiro atoms. The van der Waals surface area contributed by atoms with Crippen LogP contribution >= 0.6 is 0 Å². The van der Waals surface area contributed by atoms with E-state index in [1.54, 1.807) is 0 Å². The van der Waals surface area contributed by atoms with Crippen molar-refractivity contribution in [3.05, 3.63) is 0 Å². The Kier molecular flexibility index (Phi) is 3.03. The van der Waals surface area contributed by atoms with E-state index in [0.29, 0.717) is 36.0 Å². The predicted molar refractivity (Wildman–Crippen MR) is 103 cm³/mol. The molecule has 0 aromatic carbocycles. The summed E-state index contributed by atoms with van der Waals surface area (Å²) in [6, 6.07) is 0. The van der Waals surface area contributed by atoms with Gasteiger partial charge in [-0.2, -0.15) is 0 Å². The van der Waals surface area contributed by atoms with Crippen molar-refractivity contribution in [2.75, 3.05) is 0 Å². The van der Waals surface area contributed by atoms with E-state index in [2.05, 4.69) is 13.8 Å². The first-order valence-corrected chi connectivity index (χ1v) is 12.0. The molecule has 13 atom stereocenters. The van der Waals surface area contributed by atoms with E-state index in [4.69, 9.17) is 4.74 Å². The van der Waals surface area contributed by atoms with E-state index in [9.17, 15) is 15.3 Å². The molecule has 7 rings (SSSR count). The summed E-state index contributed by atoms with van der Waals surface area (Å²) in [6.07, 6.45) is 8.25. The van der Waals surface area contributed by atoms with Crippen LogP contribution in [-0.4, -0.2) is 38.9 Å². The predicted octanol–water partition coefficient (Wildman–Crippen LogP) is 3.08. The number of hydrogen-bond acceptors (Lipinski definition) is 4. The van der Waals surface area contributed by atoms with Gasteiger partial charge in [-0.25, -0.2) is 0 Å². The fraction of sp³-hybridized carbons (Fsp3) is 1.00. The van der Waals surface area contributed by atoms with E-state index in [0.717, 1.165) is 37.5 Å². The van der Waals surface area contributed by atoms with Crippen molar-refractivity contribution in [1.29, 1.82) is 0 Å². The highest BCUT2D eigenvalue weighted by Crippen LogP contribution is 2.83. The minimum atomic E-state index is -0.649. The first-order chi connectivity index (χ1) is 13.3. The highest BCUT2D eigenvalue weighted by Gasteiger charge is 2.82. The Labute approximate surface area is 168 Å².